The molecule has 1 aromatic heterocycles. The van der Waals surface area contributed by atoms with Gasteiger partial charge in [-0.2, -0.15) is 13.2 Å². The average Bonchev–Trinajstić information content (AvgIpc) is 2.52. The minimum atomic E-state index is -4.75. The Balaban J connectivity index is 2.12. The lowest BCUT2D eigenvalue weighted by molar-refractivity contribution is -0.141. The average molecular weight is 340 g/mol. The van der Waals surface area contributed by atoms with Crippen LogP contribution in [0.25, 0.3) is 0 Å². The summed E-state index contributed by atoms with van der Waals surface area (Å²) in [5.74, 6) is -2.13. The van der Waals surface area contributed by atoms with E-state index in [2.05, 4.69) is 15.7 Å². The molecule has 7 nitrogen and oxygen atoms in total. The Hall–Kier alpha value is -3.30. The predicted molar refractivity (Wildman–Crippen MR) is 78.4 cm³/mol. The molecule has 0 aliphatic rings. The number of para-hydroxylation sites is 1. The smallest absolute Gasteiger partial charge is 0.433 e. The molecule has 0 saturated heterocycles. The molecule has 1 heterocycles. The number of anilines is 2. The highest BCUT2D eigenvalue weighted by Gasteiger charge is 2.33. The predicted octanol–water partition coefficient (Wildman–Crippen LogP) is 2.95. The molecule has 126 valence electrons. The van der Waals surface area contributed by atoms with Gasteiger partial charge >= 0.3 is 18.2 Å². The van der Waals surface area contributed by atoms with Crippen LogP contribution in [0.15, 0.2) is 42.5 Å². The topological polar surface area (TPSA) is 103 Å². The fourth-order valence-corrected chi connectivity index (χ4v) is 1.68. The molecule has 0 unspecified atom stereocenters. The molecular weight excluding hydrogens is 329 g/mol. The van der Waals surface area contributed by atoms with Gasteiger partial charge in [-0.05, 0) is 24.3 Å². The van der Waals surface area contributed by atoms with E-state index in [1.54, 1.807) is 30.3 Å². The first-order valence-electron chi connectivity index (χ1n) is 6.47. The Kier molecular flexibility index (Phi) is 4.87. The van der Waals surface area contributed by atoms with Crippen molar-refractivity contribution in [3.8, 4) is 0 Å². The van der Waals surface area contributed by atoms with Gasteiger partial charge in [0.05, 0.1) is 0 Å². The third-order valence-corrected chi connectivity index (χ3v) is 2.74. The van der Waals surface area contributed by atoms with Crippen molar-refractivity contribution < 1.29 is 27.9 Å². The largest absolute Gasteiger partial charge is 0.478 e. The Morgan fingerprint density at radius 1 is 1.04 bits per heavy atom. The number of carboxylic acid groups (broad SMARTS) is 1. The number of hydrogen-bond acceptors (Lipinski definition) is 4. The number of hydrazine groups is 1. The van der Waals surface area contributed by atoms with Gasteiger partial charge in [0.15, 0.2) is 5.82 Å². The number of amides is 2. The van der Waals surface area contributed by atoms with Crippen molar-refractivity contribution in [3.63, 3.8) is 0 Å². The number of nitrogens with one attached hydrogen (secondary N) is 3. The fourth-order valence-electron chi connectivity index (χ4n) is 1.68. The lowest BCUT2D eigenvalue weighted by Gasteiger charge is -2.13. The lowest BCUT2D eigenvalue weighted by atomic mass is 10.2. The third-order valence-electron chi connectivity index (χ3n) is 2.74. The molecule has 4 N–H and O–H groups in total. The first-order chi connectivity index (χ1) is 11.3. The van der Waals surface area contributed by atoms with Crippen LogP contribution >= 0.6 is 0 Å². The highest BCUT2D eigenvalue weighted by atomic mass is 19.4. The number of carbonyl (C=O) groups excluding carboxylic acids is 1. The van der Waals surface area contributed by atoms with Crippen LogP contribution in [0, 0.1) is 0 Å². The van der Waals surface area contributed by atoms with E-state index in [4.69, 9.17) is 5.11 Å². The van der Waals surface area contributed by atoms with Gasteiger partial charge in [-0.3, -0.25) is 10.9 Å². The van der Waals surface area contributed by atoms with Gasteiger partial charge < -0.3 is 10.4 Å². The number of aromatic nitrogens is 1. The number of rotatable bonds is 4. The van der Waals surface area contributed by atoms with E-state index in [1.165, 1.54) is 0 Å². The van der Waals surface area contributed by atoms with Crippen LogP contribution in [0.3, 0.4) is 0 Å². The zero-order valence-electron chi connectivity index (χ0n) is 11.9. The maximum Gasteiger partial charge on any atom is 0.433 e. The second kappa shape index (κ2) is 6.86. The zero-order chi connectivity index (χ0) is 17.7. The van der Waals surface area contributed by atoms with Crippen LogP contribution in [0.1, 0.15) is 16.1 Å². The maximum absolute atomic E-state index is 12.6. The number of hydrogen-bond donors (Lipinski definition) is 4. The van der Waals surface area contributed by atoms with Gasteiger partial charge in [0, 0.05) is 5.69 Å². The summed E-state index contributed by atoms with van der Waals surface area (Å²) >= 11 is 0. The third kappa shape index (κ3) is 4.35. The van der Waals surface area contributed by atoms with Crippen LogP contribution < -0.4 is 16.2 Å². The minimum Gasteiger partial charge on any atom is -0.478 e. The Morgan fingerprint density at radius 3 is 2.29 bits per heavy atom. The molecule has 0 spiro atoms. The highest BCUT2D eigenvalue weighted by Crippen LogP contribution is 2.29. The summed E-state index contributed by atoms with van der Waals surface area (Å²) in [6.07, 6.45) is -4.75. The second-order valence-corrected chi connectivity index (χ2v) is 4.47. The van der Waals surface area contributed by atoms with E-state index >= 15 is 0 Å². The van der Waals surface area contributed by atoms with Crippen LogP contribution in [-0.2, 0) is 6.18 Å². The molecule has 10 heteroatoms. The molecule has 2 aromatic rings. The Bertz CT molecular complexity index is 751. The Morgan fingerprint density at radius 2 is 1.71 bits per heavy atom. The van der Waals surface area contributed by atoms with Crippen LogP contribution in [0.5, 0.6) is 0 Å². The van der Waals surface area contributed by atoms with E-state index in [0.717, 1.165) is 6.07 Å². The monoisotopic (exact) mass is 340 g/mol. The number of carbonyl (C=O) groups is 2. The van der Waals surface area contributed by atoms with Crippen molar-refractivity contribution in [2.45, 2.75) is 6.18 Å². The number of pyridine rings is 1. The van der Waals surface area contributed by atoms with E-state index < -0.39 is 35.3 Å². The quantitative estimate of drug-likeness (QED) is 0.641. The molecule has 0 aliphatic carbocycles. The molecule has 0 radical (unpaired) electrons. The molecule has 0 atom stereocenters. The van der Waals surface area contributed by atoms with Crippen molar-refractivity contribution in [2.75, 3.05) is 10.7 Å². The first-order valence-corrected chi connectivity index (χ1v) is 6.47. The molecular formula is C14H11F3N4O3. The number of aromatic carboxylic acids is 1. The number of nitrogens with zero attached hydrogens (tertiary/aromatic N) is 1. The van der Waals surface area contributed by atoms with E-state index in [-0.39, 0.29) is 0 Å². The van der Waals surface area contributed by atoms with Crippen molar-refractivity contribution in [2.24, 2.45) is 0 Å². The van der Waals surface area contributed by atoms with Gasteiger partial charge in [0.25, 0.3) is 0 Å². The molecule has 1 aromatic carbocycles. The van der Waals surface area contributed by atoms with Crippen molar-refractivity contribution in [1.82, 2.24) is 10.4 Å². The van der Waals surface area contributed by atoms with Gasteiger partial charge in [-0.1, -0.05) is 18.2 Å². The SMILES string of the molecule is O=C(NNc1nc(C(F)(F)F)ccc1C(=O)O)Nc1ccccc1. The first kappa shape index (κ1) is 17.1. The van der Waals surface area contributed by atoms with E-state index in [1.807, 2.05) is 5.43 Å². The second-order valence-electron chi connectivity index (χ2n) is 4.47. The molecule has 0 saturated carbocycles. The van der Waals surface area contributed by atoms with E-state index in [0.29, 0.717) is 11.8 Å². The van der Waals surface area contributed by atoms with Crippen LogP contribution in [-0.4, -0.2) is 22.1 Å². The zero-order valence-corrected chi connectivity index (χ0v) is 11.9. The molecule has 2 rings (SSSR count). The standard InChI is InChI=1S/C14H11F3N4O3/c15-14(16,17)10-7-6-9(12(22)23)11(19-10)20-21-13(24)18-8-4-2-1-3-5-8/h1-7H,(H,19,20)(H,22,23)(H2,18,21,24). The Labute approximate surface area is 133 Å². The van der Waals surface area contributed by atoms with E-state index in [9.17, 15) is 22.8 Å². The minimum absolute atomic E-state index is 0.437. The summed E-state index contributed by atoms with van der Waals surface area (Å²) in [7, 11) is 0. The number of carboxylic acids is 1. The summed E-state index contributed by atoms with van der Waals surface area (Å²) < 4.78 is 37.9. The van der Waals surface area contributed by atoms with Gasteiger partial charge in [0.1, 0.15) is 11.3 Å². The van der Waals surface area contributed by atoms with Gasteiger partial charge in [-0.25, -0.2) is 14.6 Å². The summed E-state index contributed by atoms with van der Waals surface area (Å²) in [6, 6.07) is 8.72. The number of benzene rings is 1. The molecule has 0 aliphatic heterocycles. The molecule has 0 bridgehead atoms. The number of alkyl halides is 3. The molecule has 2 amide bonds. The molecule has 24 heavy (non-hydrogen) atoms. The van der Waals surface area contributed by atoms with Gasteiger partial charge in [0.2, 0.25) is 0 Å². The lowest BCUT2D eigenvalue weighted by Crippen LogP contribution is -2.34. The maximum atomic E-state index is 12.6. The number of urea groups is 1. The summed E-state index contributed by atoms with van der Waals surface area (Å²) in [6.45, 7) is 0. The highest BCUT2D eigenvalue weighted by molar-refractivity contribution is 5.94. The van der Waals surface area contributed by atoms with Crippen molar-refractivity contribution in [3.05, 3.63) is 53.7 Å². The summed E-state index contributed by atoms with van der Waals surface area (Å²) in [5, 5.41) is 11.4. The summed E-state index contributed by atoms with van der Waals surface area (Å²) in [5.41, 5.74) is 2.72. The van der Waals surface area contributed by atoms with Gasteiger partial charge in [-0.15, -0.1) is 0 Å². The van der Waals surface area contributed by atoms with Crippen LogP contribution in [0.4, 0.5) is 29.5 Å². The van der Waals surface area contributed by atoms with Crippen LogP contribution in [0.2, 0.25) is 0 Å². The summed E-state index contributed by atoms with van der Waals surface area (Å²) in [4.78, 5) is 25.9. The molecule has 0 fully saturated rings. The van der Waals surface area contributed by atoms with Crippen molar-refractivity contribution >= 4 is 23.5 Å². The van der Waals surface area contributed by atoms with Crippen molar-refractivity contribution in [1.29, 1.82) is 0 Å². The fraction of sp³-hybridized carbons (Fsp3) is 0.0714. The normalized spacial score (nSPS) is 10.8. The number of halogens is 3.